The van der Waals surface area contributed by atoms with Gasteiger partial charge < -0.3 is 4.57 Å². The summed E-state index contributed by atoms with van der Waals surface area (Å²) in [5.41, 5.74) is 0. The van der Waals surface area contributed by atoms with Gasteiger partial charge in [0, 0.05) is 0 Å². The van der Waals surface area contributed by atoms with Gasteiger partial charge in [0.2, 0.25) is 0 Å². The van der Waals surface area contributed by atoms with E-state index in [9.17, 15) is 0 Å². The molecule has 0 heterocycles. The predicted molar refractivity (Wildman–Crippen MR) is 69.5 cm³/mol. The highest BCUT2D eigenvalue weighted by Crippen LogP contribution is 2.32. The highest BCUT2D eigenvalue weighted by Gasteiger charge is 2.29. The maximum atomic E-state index is 2.75. The van der Waals surface area contributed by atoms with Gasteiger partial charge in [-0.3, -0.25) is 0 Å². The van der Waals surface area contributed by atoms with Gasteiger partial charge in [-0.05, 0) is 24.2 Å². The minimum Gasteiger partial charge on any atom is -0.326 e. The molecular formula is C12H29NSi. The van der Waals surface area contributed by atoms with Crippen molar-refractivity contribution in [2.45, 2.75) is 65.5 Å². The zero-order valence-electron chi connectivity index (χ0n) is 11.1. The van der Waals surface area contributed by atoms with E-state index in [1.807, 2.05) is 0 Å². The van der Waals surface area contributed by atoms with Gasteiger partial charge in [0.1, 0.15) is 8.96 Å². The van der Waals surface area contributed by atoms with E-state index in [1.165, 1.54) is 32.0 Å². The second-order valence-corrected chi connectivity index (χ2v) is 9.32. The van der Waals surface area contributed by atoms with E-state index in [4.69, 9.17) is 0 Å². The number of hydrogen-bond acceptors (Lipinski definition) is 1. The second-order valence-electron chi connectivity index (χ2n) is 5.25. The Kier molecular flexibility index (Phi) is 6.71. The molecule has 1 atom stereocenters. The van der Waals surface area contributed by atoms with Crippen LogP contribution in [-0.2, 0) is 0 Å². The molecule has 0 spiro atoms. The Morgan fingerprint density at radius 3 is 1.79 bits per heavy atom. The van der Waals surface area contributed by atoms with E-state index in [2.05, 4.69) is 46.1 Å². The predicted octanol–water partition coefficient (Wildman–Crippen LogP) is 3.65. The van der Waals surface area contributed by atoms with Gasteiger partial charge in [0.15, 0.2) is 0 Å². The smallest absolute Gasteiger partial charge is 0.117 e. The summed E-state index contributed by atoms with van der Waals surface area (Å²) in [7, 11) is -0.721. The van der Waals surface area contributed by atoms with Crippen LogP contribution in [0.25, 0.3) is 0 Å². The lowest BCUT2D eigenvalue weighted by molar-refractivity contribution is 0.447. The Balaban J connectivity index is 4.37. The molecule has 0 amide bonds. The van der Waals surface area contributed by atoms with Crippen LogP contribution in [0.4, 0.5) is 0 Å². The molecule has 0 aromatic carbocycles. The maximum Gasteiger partial charge on any atom is 0.117 e. The first-order valence-electron chi connectivity index (χ1n) is 6.21. The van der Waals surface area contributed by atoms with Crippen LogP contribution in [0.1, 0.15) is 54.4 Å². The molecule has 0 saturated carbocycles. The van der Waals surface area contributed by atoms with Crippen molar-refractivity contribution in [3.8, 4) is 0 Å². The Morgan fingerprint density at radius 1 is 1.00 bits per heavy atom. The lowest BCUT2D eigenvalue weighted by Crippen LogP contribution is -2.45. The zero-order chi connectivity index (χ0) is 11.2. The lowest BCUT2D eigenvalue weighted by Gasteiger charge is -2.38. The summed E-state index contributed by atoms with van der Waals surface area (Å²) in [4.78, 5) is 0. The van der Waals surface area contributed by atoms with Crippen LogP contribution in [-0.4, -0.2) is 26.6 Å². The average molecular weight is 215 g/mol. The molecule has 2 heteroatoms. The summed E-state index contributed by atoms with van der Waals surface area (Å²) in [5, 5.41) is 0.557. The lowest BCUT2D eigenvalue weighted by atomic mass is 10.2. The number of rotatable bonds is 6. The third kappa shape index (κ3) is 4.60. The first-order valence-corrected chi connectivity index (χ1v) is 8.12. The quantitative estimate of drug-likeness (QED) is 0.611. The highest BCUT2D eigenvalue weighted by atomic mass is 28.3. The molecule has 0 rings (SSSR count). The van der Waals surface area contributed by atoms with Crippen molar-refractivity contribution in [1.82, 2.24) is 4.57 Å². The van der Waals surface area contributed by atoms with E-state index >= 15 is 0 Å². The molecule has 0 saturated heterocycles. The number of nitrogens with zero attached hydrogens (tertiary/aromatic N) is 1. The summed E-state index contributed by atoms with van der Waals surface area (Å²) in [6.07, 6.45) is 2.77. The molecule has 1 unspecified atom stereocenters. The molecule has 0 radical (unpaired) electrons. The molecule has 0 aliphatic heterocycles. The van der Waals surface area contributed by atoms with E-state index in [0.29, 0.717) is 5.04 Å². The van der Waals surface area contributed by atoms with Gasteiger partial charge in [-0.25, -0.2) is 0 Å². The van der Waals surface area contributed by atoms with Crippen molar-refractivity contribution in [2.24, 2.45) is 0 Å². The van der Waals surface area contributed by atoms with Crippen LogP contribution in [0, 0.1) is 0 Å². The van der Waals surface area contributed by atoms with Crippen molar-refractivity contribution in [3.63, 3.8) is 0 Å². The van der Waals surface area contributed by atoms with Crippen LogP contribution < -0.4 is 0 Å². The zero-order valence-corrected chi connectivity index (χ0v) is 12.2. The van der Waals surface area contributed by atoms with Crippen LogP contribution in [0.15, 0.2) is 0 Å². The maximum absolute atomic E-state index is 2.75. The van der Waals surface area contributed by atoms with Gasteiger partial charge in [0.25, 0.3) is 0 Å². The van der Waals surface area contributed by atoms with Crippen LogP contribution in [0.3, 0.4) is 0 Å². The first-order chi connectivity index (χ1) is 6.47. The molecule has 0 bridgehead atoms. The van der Waals surface area contributed by atoms with E-state index < -0.39 is 8.96 Å². The molecular weight excluding hydrogens is 186 g/mol. The first kappa shape index (κ1) is 14.2. The molecule has 0 N–H and O–H groups in total. The summed E-state index contributed by atoms with van der Waals surface area (Å²) < 4.78 is 2.75. The van der Waals surface area contributed by atoms with Crippen LogP contribution >= 0.6 is 0 Å². The monoisotopic (exact) mass is 215 g/mol. The average Bonchev–Trinajstić information content (AvgIpc) is 2.10. The van der Waals surface area contributed by atoms with E-state index in [-0.39, 0.29) is 0 Å². The second kappa shape index (κ2) is 6.62. The van der Waals surface area contributed by atoms with Crippen molar-refractivity contribution in [1.29, 1.82) is 0 Å². The highest BCUT2D eigenvalue weighted by molar-refractivity contribution is 6.59. The fourth-order valence-electron chi connectivity index (χ4n) is 2.23. The minimum atomic E-state index is -0.721. The van der Waals surface area contributed by atoms with Crippen molar-refractivity contribution >= 4 is 8.96 Å². The number of hydrogen-bond donors (Lipinski definition) is 0. The summed E-state index contributed by atoms with van der Waals surface area (Å²) in [5.74, 6) is 0. The fourth-order valence-corrected chi connectivity index (χ4v) is 6.23. The molecule has 0 aromatic heterocycles. The van der Waals surface area contributed by atoms with Crippen molar-refractivity contribution in [2.75, 3.05) is 13.1 Å². The van der Waals surface area contributed by atoms with Crippen LogP contribution in [0.5, 0.6) is 0 Å². The third-order valence-corrected chi connectivity index (χ3v) is 7.65. The Morgan fingerprint density at radius 2 is 1.50 bits per heavy atom. The van der Waals surface area contributed by atoms with Crippen LogP contribution in [0.2, 0.25) is 11.1 Å². The number of unbranched alkanes of at least 4 members (excludes halogenated alkanes) is 1. The summed E-state index contributed by atoms with van der Waals surface area (Å²) >= 11 is 0. The van der Waals surface area contributed by atoms with Gasteiger partial charge in [-0.15, -0.1) is 0 Å². The van der Waals surface area contributed by atoms with Crippen molar-refractivity contribution < 1.29 is 0 Å². The Labute approximate surface area is 92.6 Å². The van der Waals surface area contributed by atoms with Gasteiger partial charge >= 0.3 is 0 Å². The van der Waals surface area contributed by atoms with Gasteiger partial charge in [-0.2, -0.15) is 0 Å². The van der Waals surface area contributed by atoms with E-state index in [0.717, 1.165) is 0 Å². The van der Waals surface area contributed by atoms with Gasteiger partial charge in [0.05, 0.1) is 0 Å². The van der Waals surface area contributed by atoms with Crippen molar-refractivity contribution in [3.05, 3.63) is 0 Å². The molecule has 1 nitrogen and oxygen atoms in total. The molecule has 0 aliphatic rings. The summed E-state index contributed by atoms with van der Waals surface area (Å²) in [6, 6.07) is 1.49. The molecule has 86 valence electrons. The molecule has 0 aromatic rings. The Bertz CT molecular complexity index is 136. The Hall–Kier alpha value is 0.177. The standard InChI is InChI=1S/C12H29NSi/c1-7-10-11-14(12(4,5)6)13(8-2)9-3/h14H,7-11H2,1-6H3. The largest absolute Gasteiger partial charge is 0.326 e. The topological polar surface area (TPSA) is 3.24 Å². The molecule has 0 fully saturated rings. The SMILES string of the molecule is CCCC[SiH](N(CC)CC)C(C)(C)C. The normalized spacial score (nSPS) is 14.8. The third-order valence-electron chi connectivity index (χ3n) is 3.08. The molecule has 0 aliphatic carbocycles. The minimum absolute atomic E-state index is 0.557. The van der Waals surface area contributed by atoms with E-state index in [1.54, 1.807) is 0 Å². The fraction of sp³-hybridized carbons (Fsp3) is 1.00. The molecule has 14 heavy (non-hydrogen) atoms. The van der Waals surface area contributed by atoms with Gasteiger partial charge in [-0.1, -0.05) is 54.4 Å². The summed E-state index contributed by atoms with van der Waals surface area (Å²) in [6.45, 7) is 16.7.